The summed E-state index contributed by atoms with van der Waals surface area (Å²) in [5.74, 6) is -0.125. The molecule has 1 N–H and O–H groups in total. The van der Waals surface area contributed by atoms with Crippen LogP contribution in [0.5, 0.6) is 0 Å². The van der Waals surface area contributed by atoms with Crippen molar-refractivity contribution in [2.75, 3.05) is 6.54 Å². The molecule has 92 valence electrons. The number of rotatable bonds is 5. The Hall–Kier alpha value is -1.15. The van der Waals surface area contributed by atoms with Gasteiger partial charge >= 0.3 is 0 Å². The van der Waals surface area contributed by atoms with Crippen LogP contribution in [-0.2, 0) is 0 Å². The fraction of sp³-hybridized carbons (Fsp3) is 0.467. The second-order valence-corrected chi connectivity index (χ2v) is 4.89. The van der Waals surface area contributed by atoms with Crippen LogP contribution >= 0.6 is 0 Å². The van der Waals surface area contributed by atoms with E-state index in [1.807, 2.05) is 19.9 Å². The molecule has 1 aromatic rings. The van der Waals surface area contributed by atoms with Gasteiger partial charge in [-0.1, -0.05) is 17.7 Å². The summed E-state index contributed by atoms with van der Waals surface area (Å²) in [6.07, 6.45) is 5.72. The largest absolute Gasteiger partial charge is 0.314 e. The minimum atomic E-state index is -0.125. The smallest absolute Gasteiger partial charge is 0.130 e. The van der Waals surface area contributed by atoms with E-state index >= 15 is 0 Å². The topological polar surface area (TPSA) is 12.0 Å². The highest BCUT2D eigenvalue weighted by Gasteiger charge is 2.19. The number of benzene rings is 1. The SMILES string of the molecule is CC(=CCCNC1CC1)c1cc(C)ccc1F. The molecule has 0 aromatic heterocycles. The Kier molecular flexibility index (Phi) is 3.95. The van der Waals surface area contributed by atoms with Crippen LogP contribution < -0.4 is 5.32 Å². The third-order valence-electron chi connectivity index (χ3n) is 3.15. The van der Waals surface area contributed by atoms with Gasteiger partial charge in [-0.15, -0.1) is 0 Å². The van der Waals surface area contributed by atoms with E-state index in [4.69, 9.17) is 0 Å². The fourth-order valence-corrected chi connectivity index (χ4v) is 1.91. The number of halogens is 1. The first-order chi connectivity index (χ1) is 8.16. The molecule has 0 atom stereocenters. The molecule has 0 radical (unpaired) electrons. The van der Waals surface area contributed by atoms with Gasteiger partial charge in [0.15, 0.2) is 0 Å². The van der Waals surface area contributed by atoms with Gasteiger partial charge in [0.2, 0.25) is 0 Å². The quantitative estimate of drug-likeness (QED) is 0.765. The molecule has 1 saturated carbocycles. The summed E-state index contributed by atoms with van der Waals surface area (Å²) in [6.45, 7) is 4.97. The minimum Gasteiger partial charge on any atom is -0.314 e. The van der Waals surface area contributed by atoms with Crippen LogP contribution in [0.1, 0.15) is 37.3 Å². The van der Waals surface area contributed by atoms with Crippen LogP contribution in [0.3, 0.4) is 0 Å². The Morgan fingerprint density at radius 1 is 1.47 bits per heavy atom. The lowest BCUT2D eigenvalue weighted by molar-refractivity contribution is 0.623. The van der Waals surface area contributed by atoms with Gasteiger partial charge in [0.1, 0.15) is 5.82 Å². The van der Waals surface area contributed by atoms with E-state index < -0.39 is 0 Å². The molecule has 0 saturated heterocycles. The molecule has 17 heavy (non-hydrogen) atoms. The van der Waals surface area contributed by atoms with E-state index in [1.54, 1.807) is 12.1 Å². The summed E-state index contributed by atoms with van der Waals surface area (Å²) >= 11 is 0. The molecule has 0 unspecified atom stereocenters. The lowest BCUT2D eigenvalue weighted by atomic mass is 10.0. The van der Waals surface area contributed by atoms with Crippen molar-refractivity contribution in [1.29, 1.82) is 0 Å². The Labute approximate surface area is 103 Å². The summed E-state index contributed by atoms with van der Waals surface area (Å²) in [5.41, 5.74) is 2.87. The van der Waals surface area contributed by atoms with Gasteiger partial charge in [0.25, 0.3) is 0 Å². The molecule has 1 fully saturated rings. The maximum absolute atomic E-state index is 13.6. The molecule has 1 nitrogen and oxygen atoms in total. The molecule has 2 rings (SSSR count). The fourth-order valence-electron chi connectivity index (χ4n) is 1.91. The molecule has 0 heterocycles. The maximum atomic E-state index is 13.6. The van der Waals surface area contributed by atoms with Crippen LogP contribution in [0.2, 0.25) is 0 Å². The maximum Gasteiger partial charge on any atom is 0.130 e. The molecule has 0 aliphatic heterocycles. The zero-order valence-corrected chi connectivity index (χ0v) is 10.6. The molecule has 2 heteroatoms. The van der Waals surface area contributed by atoms with Gasteiger partial charge in [0, 0.05) is 11.6 Å². The van der Waals surface area contributed by atoms with Crippen molar-refractivity contribution in [3.63, 3.8) is 0 Å². The molecule has 0 amide bonds. The standard InChI is InChI=1S/C15H20FN/c1-11-5-8-15(16)14(10-11)12(2)4-3-9-17-13-6-7-13/h4-5,8,10,13,17H,3,6-7,9H2,1-2H3. The van der Waals surface area contributed by atoms with E-state index in [2.05, 4.69) is 11.4 Å². The Morgan fingerprint density at radius 2 is 2.24 bits per heavy atom. The summed E-state index contributed by atoms with van der Waals surface area (Å²) in [4.78, 5) is 0. The second kappa shape index (κ2) is 5.46. The summed E-state index contributed by atoms with van der Waals surface area (Å²) in [6, 6.07) is 6.01. The van der Waals surface area contributed by atoms with Gasteiger partial charge in [-0.2, -0.15) is 0 Å². The lowest BCUT2D eigenvalue weighted by Gasteiger charge is -2.05. The van der Waals surface area contributed by atoms with Crippen molar-refractivity contribution in [2.45, 2.75) is 39.2 Å². The molecule has 1 aliphatic carbocycles. The summed E-state index contributed by atoms with van der Waals surface area (Å²) in [7, 11) is 0. The third kappa shape index (κ3) is 3.67. The molecular formula is C15H20FN. The molecule has 0 spiro atoms. The molecule has 1 aliphatic rings. The normalized spacial score (nSPS) is 16.3. The van der Waals surface area contributed by atoms with Crippen molar-refractivity contribution >= 4 is 5.57 Å². The van der Waals surface area contributed by atoms with Crippen molar-refractivity contribution in [1.82, 2.24) is 5.32 Å². The van der Waals surface area contributed by atoms with Crippen LogP contribution in [0, 0.1) is 12.7 Å². The summed E-state index contributed by atoms with van der Waals surface area (Å²) in [5, 5.41) is 3.45. The van der Waals surface area contributed by atoms with Crippen molar-refractivity contribution in [3.8, 4) is 0 Å². The third-order valence-corrected chi connectivity index (χ3v) is 3.15. The van der Waals surface area contributed by atoms with E-state index in [9.17, 15) is 4.39 Å². The Morgan fingerprint density at radius 3 is 2.94 bits per heavy atom. The van der Waals surface area contributed by atoms with Crippen molar-refractivity contribution < 1.29 is 4.39 Å². The predicted octanol–water partition coefficient (Wildman–Crippen LogP) is 3.68. The number of allylic oxidation sites excluding steroid dienone is 1. The predicted molar refractivity (Wildman–Crippen MR) is 70.4 cm³/mol. The zero-order valence-electron chi connectivity index (χ0n) is 10.6. The zero-order chi connectivity index (χ0) is 12.3. The molecular weight excluding hydrogens is 213 g/mol. The van der Waals surface area contributed by atoms with E-state index in [-0.39, 0.29) is 5.82 Å². The second-order valence-electron chi connectivity index (χ2n) is 4.89. The van der Waals surface area contributed by atoms with E-state index in [1.165, 1.54) is 12.8 Å². The lowest BCUT2D eigenvalue weighted by Crippen LogP contribution is -2.16. The summed E-state index contributed by atoms with van der Waals surface area (Å²) < 4.78 is 13.6. The van der Waals surface area contributed by atoms with Gasteiger partial charge < -0.3 is 5.32 Å². The molecule has 0 bridgehead atoms. The van der Waals surface area contributed by atoms with Gasteiger partial charge in [-0.05, 0) is 57.4 Å². The number of hydrogen-bond acceptors (Lipinski definition) is 1. The Balaban J connectivity index is 1.94. The van der Waals surface area contributed by atoms with Gasteiger partial charge in [-0.3, -0.25) is 0 Å². The van der Waals surface area contributed by atoms with Gasteiger partial charge in [0.05, 0.1) is 0 Å². The number of aryl methyl sites for hydroxylation is 1. The van der Waals surface area contributed by atoms with Crippen molar-refractivity contribution in [2.24, 2.45) is 0 Å². The Bertz CT molecular complexity index is 419. The molecule has 1 aromatic carbocycles. The number of nitrogens with one attached hydrogen (secondary N) is 1. The van der Waals surface area contributed by atoms with Crippen LogP contribution in [0.15, 0.2) is 24.3 Å². The highest BCUT2D eigenvalue weighted by Crippen LogP contribution is 2.20. The highest BCUT2D eigenvalue weighted by molar-refractivity contribution is 5.64. The number of hydrogen-bond donors (Lipinski definition) is 1. The first kappa shape index (κ1) is 12.3. The average Bonchev–Trinajstić information content (AvgIpc) is 3.11. The highest BCUT2D eigenvalue weighted by atomic mass is 19.1. The van der Waals surface area contributed by atoms with Crippen molar-refractivity contribution in [3.05, 3.63) is 41.2 Å². The van der Waals surface area contributed by atoms with E-state index in [0.717, 1.165) is 35.7 Å². The van der Waals surface area contributed by atoms with E-state index in [0.29, 0.717) is 0 Å². The van der Waals surface area contributed by atoms with Crippen LogP contribution in [0.4, 0.5) is 4.39 Å². The van der Waals surface area contributed by atoms with Gasteiger partial charge in [-0.25, -0.2) is 4.39 Å². The first-order valence-corrected chi connectivity index (χ1v) is 6.33. The monoisotopic (exact) mass is 233 g/mol. The van der Waals surface area contributed by atoms with Crippen LogP contribution in [0.25, 0.3) is 5.57 Å². The first-order valence-electron chi connectivity index (χ1n) is 6.33. The minimum absolute atomic E-state index is 0.125. The average molecular weight is 233 g/mol. The van der Waals surface area contributed by atoms with Crippen LogP contribution in [-0.4, -0.2) is 12.6 Å².